The summed E-state index contributed by atoms with van der Waals surface area (Å²) in [7, 11) is -0.583. The van der Waals surface area contributed by atoms with Crippen molar-refractivity contribution in [1.29, 1.82) is 0 Å². The Hall–Kier alpha value is -0.0188. The van der Waals surface area contributed by atoms with E-state index in [0.29, 0.717) is 0 Å². The fourth-order valence-electron chi connectivity index (χ4n) is 7.86. The Balaban J connectivity index is 0. The van der Waals surface area contributed by atoms with Gasteiger partial charge in [-0.2, -0.15) is 11.1 Å². The van der Waals surface area contributed by atoms with Gasteiger partial charge in [0.15, 0.2) is 0 Å². The third kappa shape index (κ3) is 16.1. The van der Waals surface area contributed by atoms with Crippen LogP contribution in [0.4, 0.5) is 0 Å². The first-order valence-electron chi connectivity index (χ1n) is 18.0. The van der Waals surface area contributed by atoms with Gasteiger partial charge in [-0.25, -0.2) is 5.57 Å². The molecule has 0 spiro atoms. The Labute approximate surface area is 321 Å². The summed E-state index contributed by atoms with van der Waals surface area (Å²) < 4.78 is 0. The molecule has 0 fully saturated rings. The molecule has 0 aliphatic heterocycles. The predicted octanol–water partition coefficient (Wildman–Crippen LogP) is 2.91. The first kappa shape index (κ1) is 48.1. The number of hydrogen-bond donors (Lipinski definition) is 0. The number of allylic oxidation sites excluding steroid dienone is 8. The maximum absolute atomic E-state index is 4.13. The molecule has 0 saturated carbocycles. The van der Waals surface area contributed by atoms with E-state index in [1.165, 1.54) is 144 Å². The van der Waals surface area contributed by atoms with Crippen molar-refractivity contribution in [2.45, 2.75) is 169 Å². The summed E-state index contributed by atoms with van der Waals surface area (Å²) in [6.45, 7) is 13.9. The van der Waals surface area contributed by atoms with Crippen molar-refractivity contribution in [3.8, 4) is 0 Å². The summed E-state index contributed by atoms with van der Waals surface area (Å²) in [6, 6.07) is 7.26. The van der Waals surface area contributed by atoms with Gasteiger partial charge in [-0.15, -0.1) is 6.92 Å². The topological polar surface area (TPSA) is 0 Å². The van der Waals surface area contributed by atoms with E-state index in [1.54, 1.807) is 10.8 Å². The SMILES string of the molecule is CCCCCCCCCCCCCCCCCCC1(CC2([SiH2]c3cc(C)cc(C)c3)[C-]=C(C)C(C)=C2C)C=CC=CC1.[Cl-].[Cl-].[Cl-].[Ti+4]. The van der Waals surface area contributed by atoms with Crippen molar-refractivity contribution >= 4 is 14.7 Å². The van der Waals surface area contributed by atoms with E-state index in [0.717, 1.165) is 0 Å². The minimum absolute atomic E-state index is 0. The van der Waals surface area contributed by atoms with Gasteiger partial charge in [-0.05, 0) is 32.1 Å². The molecule has 0 bridgehead atoms. The fraction of sp³-hybridized carbons (Fsp3) is 0.659. The van der Waals surface area contributed by atoms with Gasteiger partial charge in [-0.3, -0.25) is 6.08 Å². The third-order valence-electron chi connectivity index (χ3n) is 10.5. The van der Waals surface area contributed by atoms with Crippen molar-refractivity contribution in [3.63, 3.8) is 0 Å². The molecule has 3 rings (SSSR count). The summed E-state index contributed by atoms with van der Waals surface area (Å²) in [4.78, 5) is 0. The maximum Gasteiger partial charge on any atom is 4.00 e. The van der Waals surface area contributed by atoms with Crippen molar-refractivity contribution in [3.05, 3.63) is 76.4 Å². The number of hydrogen-bond acceptors (Lipinski definition) is 0. The van der Waals surface area contributed by atoms with Gasteiger partial charge >= 0.3 is 21.7 Å². The Bertz CT molecular complexity index is 1070. The zero-order valence-electron chi connectivity index (χ0n) is 30.3. The molecule has 5 heteroatoms. The smallest absolute Gasteiger partial charge is 1.00 e. The molecule has 2 aliphatic rings. The van der Waals surface area contributed by atoms with Gasteiger partial charge in [0.2, 0.25) is 0 Å². The zero-order valence-corrected chi connectivity index (χ0v) is 35.6. The average molecular weight is 740 g/mol. The Morgan fingerprint density at radius 1 is 0.652 bits per heavy atom. The molecular formula is C41H65Cl3SiTi. The van der Waals surface area contributed by atoms with Gasteiger partial charge in [0.25, 0.3) is 0 Å². The summed E-state index contributed by atoms with van der Waals surface area (Å²) in [6.07, 6.45) is 40.5. The van der Waals surface area contributed by atoms with E-state index in [1.807, 2.05) is 0 Å². The molecule has 0 amide bonds. The van der Waals surface area contributed by atoms with E-state index in [2.05, 4.69) is 90.1 Å². The zero-order chi connectivity index (χ0) is 30.3. The quantitative estimate of drug-likeness (QED) is 0.104. The number of aryl methyl sites for hydroxylation is 2. The molecular weight excluding hydrogens is 675 g/mol. The Morgan fingerprint density at radius 3 is 1.54 bits per heavy atom. The fourth-order valence-corrected chi connectivity index (χ4v) is 10.9. The molecule has 0 radical (unpaired) electrons. The van der Waals surface area contributed by atoms with E-state index in [-0.39, 0.29) is 69.4 Å². The van der Waals surface area contributed by atoms with Crippen molar-refractivity contribution in [2.24, 2.45) is 5.41 Å². The minimum atomic E-state index is -0.583. The van der Waals surface area contributed by atoms with Gasteiger partial charge < -0.3 is 37.2 Å². The molecule has 0 heterocycles. The van der Waals surface area contributed by atoms with Gasteiger partial charge in [0.05, 0.1) is 0 Å². The van der Waals surface area contributed by atoms with Crippen molar-refractivity contribution in [1.82, 2.24) is 0 Å². The molecule has 258 valence electrons. The molecule has 0 aromatic heterocycles. The normalized spacial score (nSPS) is 20.3. The summed E-state index contributed by atoms with van der Waals surface area (Å²) in [5, 5.41) is 1.74. The van der Waals surface area contributed by atoms with Crippen LogP contribution in [-0.4, -0.2) is 9.52 Å². The van der Waals surface area contributed by atoms with Crippen LogP contribution >= 0.6 is 0 Å². The number of benzene rings is 1. The van der Waals surface area contributed by atoms with E-state index < -0.39 is 9.52 Å². The number of halogens is 3. The minimum Gasteiger partial charge on any atom is -1.00 e. The van der Waals surface area contributed by atoms with Crippen LogP contribution in [0.3, 0.4) is 0 Å². The summed E-state index contributed by atoms with van der Waals surface area (Å²) in [5.74, 6) is 0. The van der Waals surface area contributed by atoms with Crippen LogP contribution in [0.1, 0.15) is 161 Å². The first-order chi connectivity index (χ1) is 20.3. The standard InChI is InChI=1S/C41H65Si.3ClH.Ti/c1-7-8-9-10-11-12-13-14-15-16-17-18-19-20-21-23-26-40(27-24-22-25-28-40)33-41(32-36(4)37(5)38(41)6)42-39-30-34(2)29-35(3)31-39;;;;/h22,24-25,27,29-31H,7-21,23,26,28,33,42H2,1-6H3;3*1H;/q-1;;;;+4/p-3. The van der Waals surface area contributed by atoms with Crippen LogP contribution in [0.5, 0.6) is 0 Å². The van der Waals surface area contributed by atoms with E-state index in [4.69, 9.17) is 0 Å². The van der Waals surface area contributed by atoms with Crippen molar-refractivity contribution < 1.29 is 58.9 Å². The molecule has 2 aliphatic carbocycles. The van der Waals surface area contributed by atoms with Crippen LogP contribution in [0.2, 0.25) is 5.04 Å². The monoisotopic (exact) mass is 738 g/mol. The Morgan fingerprint density at radius 2 is 1.13 bits per heavy atom. The Kier molecular flexibility index (Phi) is 27.1. The van der Waals surface area contributed by atoms with E-state index in [9.17, 15) is 0 Å². The van der Waals surface area contributed by atoms with Crippen molar-refractivity contribution in [2.75, 3.05) is 0 Å². The molecule has 0 nitrogen and oxygen atoms in total. The largest absolute Gasteiger partial charge is 4.00 e. The molecule has 1 aromatic rings. The van der Waals surface area contributed by atoms with Crippen LogP contribution in [0.15, 0.2) is 59.2 Å². The molecule has 0 saturated heterocycles. The second-order valence-electron chi connectivity index (χ2n) is 14.3. The summed E-state index contributed by atoms with van der Waals surface area (Å²) in [5.41, 5.74) is 7.61. The number of rotatable bonds is 21. The van der Waals surface area contributed by atoms with Crippen LogP contribution in [0.25, 0.3) is 0 Å². The first-order valence-corrected chi connectivity index (χ1v) is 19.4. The van der Waals surface area contributed by atoms with Gasteiger partial charge in [-0.1, -0.05) is 194 Å². The predicted molar refractivity (Wildman–Crippen MR) is 192 cm³/mol. The molecule has 46 heavy (non-hydrogen) atoms. The number of unbranched alkanes of at least 4 members (excludes halogenated alkanes) is 15. The van der Waals surface area contributed by atoms with Gasteiger partial charge in [0.1, 0.15) is 0 Å². The second kappa shape index (κ2) is 25.9. The van der Waals surface area contributed by atoms with Crippen LogP contribution in [-0.2, 0) is 21.7 Å². The second-order valence-corrected chi connectivity index (χ2v) is 16.7. The van der Waals surface area contributed by atoms with E-state index >= 15 is 0 Å². The molecule has 2 unspecified atom stereocenters. The van der Waals surface area contributed by atoms with Crippen LogP contribution < -0.4 is 42.4 Å². The maximum atomic E-state index is 4.13. The average Bonchev–Trinajstić information content (AvgIpc) is 3.15. The molecule has 2 atom stereocenters. The van der Waals surface area contributed by atoms with Gasteiger partial charge in [0, 0.05) is 9.52 Å². The van der Waals surface area contributed by atoms with Crippen LogP contribution in [0, 0.1) is 25.3 Å². The molecule has 0 N–H and O–H groups in total. The third-order valence-corrected chi connectivity index (χ3v) is 12.8. The molecule has 1 aromatic carbocycles. The summed E-state index contributed by atoms with van der Waals surface area (Å²) >= 11 is 0.